The van der Waals surface area contributed by atoms with Crippen molar-refractivity contribution in [2.75, 3.05) is 20.1 Å². The van der Waals surface area contributed by atoms with Crippen LogP contribution >= 0.6 is 0 Å². The lowest BCUT2D eigenvalue weighted by Crippen LogP contribution is -2.20. The van der Waals surface area contributed by atoms with Gasteiger partial charge in [0.05, 0.1) is 0 Å². The highest BCUT2D eigenvalue weighted by atomic mass is 15.1. The maximum absolute atomic E-state index is 3.74. The minimum atomic E-state index is 1.12. The zero-order valence-corrected chi connectivity index (χ0v) is 9.16. The van der Waals surface area contributed by atoms with Gasteiger partial charge in [0, 0.05) is 6.54 Å². The van der Waals surface area contributed by atoms with Crippen LogP contribution in [-0.4, -0.2) is 25.0 Å². The molecule has 0 heterocycles. The monoisotopic (exact) mass is 189 g/mol. The van der Waals surface area contributed by atoms with Crippen molar-refractivity contribution in [2.45, 2.75) is 13.3 Å². The molecule has 0 N–H and O–H groups in total. The second-order valence-electron chi connectivity index (χ2n) is 3.59. The van der Waals surface area contributed by atoms with Gasteiger partial charge in [0.1, 0.15) is 0 Å². The lowest BCUT2D eigenvalue weighted by atomic mass is 10.1. The van der Waals surface area contributed by atoms with E-state index in [-0.39, 0.29) is 0 Å². The fourth-order valence-electron chi connectivity index (χ4n) is 1.30. The van der Waals surface area contributed by atoms with Gasteiger partial charge in [0.2, 0.25) is 0 Å². The van der Waals surface area contributed by atoms with Crippen LogP contribution in [0.3, 0.4) is 0 Å². The molecule has 14 heavy (non-hydrogen) atoms. The fourth-order valence-corrected chi connectivity index (χ4v) is 1.30. The van der Waals surface area contributed by atoms with Crippen molar-refractivity contribution in [3.05, 3.63) is 42.0 Å². The molecular weight excluding hydrogens is 170 g/mol. The van der Waals surface area contributed by atoms with Crippen molar-refractivity contribution in [1.29, 1.82) is 0 Å². The van der Waals surface area contributed by atoms with Crippen LogP contribution in [-0.2, 0) is 6.42 Å². The van der Waals surface area contributed by atoms with Crippen LogP contribution < -0.4 is 0 Å². The molecule has 0 spiro atoms. The first kappa shape index (κ1) is 11.0. The number of rotatable bonds is 5. The lowest BCUT2D eigenvalue weighted by molar-refractivity contribution is 0.357. The van der Waals surface area contributed by atoms with E-state index in [1.807, 2.05) is 6.08 Å². The quantitative estimate of drug-likeness (QED) is 0.688. The van der Waals surface area contributed by atoms with E-state index < -0.39 is 0 Å². The van der Waals surface area contributed by atoms with Crippen LogP contribution in [0.1, 0.15) is 18.1 Å². The minimum absolute atomic E-state index is 1.12. The van der Waals surface area contributed by atoms with Crippen LogP contribution in [0.5, 0.6) is 0 Å². The second kappa shape index (κ2) is 5.61. The number of likely N-dealkylation sites (N-methyl/N-ethyl adjacent to an activating group) is 1. The van der Waals surface area contributed by atoms with Gasteiger partial charge >= 0.3 is 0 Å². The van der Waals surface area contributed by atoms with Gasteiger partial charge in [-0.1, -0.05) is 43.8 Å². The number of nitrogens with zero attached hydrogens (tertiary/aromatic N) is 1. The highest BCUT2D eigenvalue weighted by molar-refractivity contribution is 5.47. The Morgan fingerprint density at radius 2 is 1.93 bits per heavy atom. The summed E-state index contributed by atoms with van der Waals surface area (Å²) in [6.45, 7) is 8.17. The molecule has 0 bridgehead atoms. The van der Waals surface area contributed by atoms with Gasteiger partial charge < -0.3 is 4.90 Å². The van der Waals surface area contributed by atoms with Crippen molar-refractivity contribution >= 4 is 6.08 Å². The molecule has 0 atom stereocenters. The average molecular weight is 189 g/mol. The Kier molecular flexibility index (Phi) is 4.41. The number of hydrogen-bond donors (Lipinski definition) is 0. The summed E-state index contributed by atoms with van der Waals surface area (Å²) < 4.78 is 0. The van der Waals surface area contributed by atoms with Gasteiger partial charge in [0.25, 0.3) is 0 Å². The molecule has 1 heteroatoms. The molecule has 1 nitrogen and oxygen atoms in total. The van der Waals surface area contributed by atoms with E-state index in [1.54, 1.807) is 0 Å². The first-order valence-electron chi connectivity index (χ1n) is 5.16. The summed E-state index contributed by atoms with van der Waals surface area (Å²) in [4.78, 5) is 2.32. The maximum atomic E-state index is 3.74. The van der Waals surface area contributed by atoms with E-state index in [0.29, 0.717) is 0 Å². The molecule has 0 fully saturated rings. The van der Waals surface area contributed by atoms with Gasteiger partial charge in [-0.15, -0.1) is 0 Å². The van der Waals surface area contributed by atoms with Gasteiger partial charge in [-0.3, -0.25) is 0 Å². The summed E-state index contributed by atoms with van der Waals surface area (Å²) in [6, 6.07) is 8.60. The van der Waals surface area contributed by atoms with Crippen LogP contribution in [0.4, 0.5) is 0 Å². The molecule has 1 aromatic rings. The normalized spacial score (nSPS) is 10.5. The maximum Gasteiger partial charge on any atom is 0.00187 e. The van der Waals surface area contributed by atoms with Gasteiger partial charge in [-0.25, -0.2) is 0 Å². The minimum Gasteiger partial charge on any atom is -0.306 e. The fraction of sp³-hybridized carbons (Fsp3) is 0.385. The molecule has 76 valence electrons. The Labute approximate surface area is 87.1 Å². The first-order valence-corrected chi connectivity index (χ1v) is 5.16. The van der Waals surface area contributed by atoms with Crippen LogP contribution in [0, 0.1) is 0 Å². The van der Waals surface area contributed by atoms with E-state index in [2.05, 4.69) is 49.7 Å². The third-order valence-electron chi connectivity index (χ3n) is 2.54. The lowest BCUT2D eigenvalue weighted by Gasteiger charge is -2.13. The van der Waals surface area contributed by atoms with E-state index >= 15 is 0 Å². The Balaban J connectivity index is 2.47. The van der Waals surface area contributed by atoms with Crippen molar-refractivity contribution in [3.8, 4) is 0 Å². The second-order valence-corrected chi connectivity index (χ2v) is 3.59. The zero-order chi connectivity index (χ0) is 10.4. The highest BCUT2D eigenvalue weighted by Gasteiger charge is 1.96. The van der Waals surface area contributed by atoms with E-state index in [0.717, 1.165) is 19.5 Å². The van der Waals surface area contributed by atoms with Crippen LogP contribution in [0.2, 0.25) is 0 Å². The van der Waals surface area contributed by atoms with Gasteiger partial charge in [-0.2, -0.15) is 0 Å². The zero-order valence-electron chi connectivity index (χ0n) is 9.16. The summed E-state index contributed by atoms with van der Waals surface area (Å²) in [7, 11) is 2.15. The highest BCUT2D eigenvalue weighted by Crippen LogP contribution is 2.06. The molecule has 1 rings (SSSR count). The molecular formula is C13H19N. The summed E-state index contributed by atoms with van der Waals surface area (Å²) >= 11 is 0. The van der Waals surface area contributed by atoms with Crippen molar-refractivity contribution in [2.24, 2.45) is 0 Å². The number of benzene rings is 1. The molecule has 0 saturated carbocycles. The number of hydrogen-bond acceptors (Lipinski definition) is 1. The predicted molar refractivity (Wildman–Crippen MR) is 63.4 cm³/mol. The molecule has 0 aromatic heterocycles. The summed E-state index contributed by atoms with van der Waals surface area (Å²) in [5.74, 6) is 0. The SMILES string of the molecule is C=Cc1ccc(CCN(C)CC)cc1. The topological polar surface area (TPSA) is 3.24 Å². The Hall–Kier alpha value is -1.08. The molecule has 1 aromatic carbocycles. The first-order chi connectivity index (χ1) is 6.76. The van der Waals surface area contributed by atoms with Crippen LogP contribution in [0.25, 0.3) is 6.08 Å². The molecule has 0 unspecified atom stereocenters. The van der Waals surface area contributed by atoms with Gasteiger partial charge in [0.15, 0.2) is 0 Å². The predicted octanol–water partition coefficient (Wildman–Crippen LogP) is 2.82. The largest absolute Gasteiger partial charge is 0.306 e. The summed E-state index contributed by atoms with van der Waals surface area (Å²) in [5, 5.41) is 0. The third kappa shape index (κ3) is 3.35. The van der Waals surface area contributed by atoms with Crippen molar-refractivity contribution in [3.63, 3.8) is 0 Å². The molecule has 0 saturated heterocycles. The Morgan fingerprint density at radius 3 is 2.43 bits per heavy atom. The Morgan fingerprint density at radius 1 is 1.29 bits per heavy atom. The van der Waals surface area contributed by atoms with Crippen molar-refractivity contribution in [1.82, 2.24) is 4.90 Å². The third-order valence-corrected chi connectivity index (χ3v) is 2.54. The summed E-state index contributed by atoms with van der Waals surface area (Å²) in [5.41, 5.74) is 2.59. The van der Waals surface area contributed by atoms with E-state index in [9.17, 15) is 0 Å². The Bertz CT molecular complexity index is 274. The average Bonchev–Trinajstić information content (AvgIpc) is 2.26. The molecule has 0 radical (unpaired) electrons. The molecule has 0 aliphatic carbocycles. The van der Waals surface area contributed by atoms with Crippen molar-refractivity contribution < 1.29 is 0 Å². The smallest absolute Gasteiger partial charge is 0.00187 e. The van der Waals surface area contributed by atoms with Gasteiger partial charge in [-0.05, 0) is 31.1 Å². The van der Waals surface area contributed by atoms with Crippen LogP contribution in [0.15, 0.2) is 30.8 Å². The van der Waals surface area contributed by atoms with E-state index in [1.165, 1.54) is 11.1 Å². The standard InChI is InChI=1S/C13H19N/c1-4-12-6-8-13(9-7-12)10-11-14(3)5-2/h4,6-9H,1,5,10-11H2,2-3H3. The molecule has 0 amide bonds. The van der Waals surface area contributed by atoms with E-state index in [4.69, 9.17) is 0 Å². The summed E-state index contributed by atoms with van der Waals surface area (Å²) in [6.07, 6.45) is 3.00. The molecule has 0 aliphatic rings. The molecule has 0 aliphatic heterocycles.